The average Bonchev–Trinajstić information content (AvgIpc) is 2.70. The quantitative estimate of drug-likeness (QED) is 0.791. The fraction of sp³-hybridized carbons (Fsp3) is 0.556. The summed E-state index contributed by atoms with van der Waals surface area (Å²) in [4.78, 5) is 7.57. The highest BCUT2D eigenvalue weighted by atomic mass is 19.1. The molecule has 2 rings (SSSR count). The standard InChI is InChI=1S/C9H12FN3O/c10-7-4-11-9(12-5-7)13-6-8-2-1-3-14-8/h4-5,8H,1-3,6H2,(H,11,12,13). The second-order valence-electron chi connectivity index (χ2n) is 3.24. The maximum Gasteiger partial charge on any atom is 0.222 e. The molecular weight excluding hydrogens is 185 g/mol. The van der Waals surface area contributed by atoms with Gasteiger partial charge in [0.2, 0.25) is 5.95 Å². The van der Waals surface area contributed by atoms with Crippen LogP contribution in [0.2, 0.25) is 0 Å². The summed E-state index contributed by atoms with van der Waals surface area (Å²) in [5.74, 6) is 0.0227. The Kier molecular flexibility index (Phi) is 2.88. The number of halogens is 1. The fourth-order valence-electron chi connectivity index (χ4n) is 1.41. The molecule has 0 amide bonds. The first-order valence-electron chi connectivity index (χ1n) is 4.67. The summed E-state index contributed by atoms with van der Waals surface area (Å²) in [7, 11) is 0. The Morgan fingerprint density at radius 2 is 2.29 bits per heavy atom. The van der Waals surface area contributed by atoms with E-state index in [9.17, 15) is 4.39 Å². The average molecular weight is 197 g/mol. The topological polar surface area (TPSA) is 47.0 Å². The van der Waals surface area contributed by atoms with Crippen molar-refractivity contribution in [2.75, 3.05) is 18.5 Å². The van der Waals surface area contributed by atoms with Crippen molar-refractivity contribution >= 4 is 5.95 Å². The molecule has 0 radical (unpaired) electrons. The Balaban J connectivity index is 1.82. The van der Waals surface area contributed by atoms with E-state index in [0.29, 0.717) is 12.5 Å². The number of aromatic nitrogens is 2. The maximum atomic E-state index is 12.5. The SMILES string of the molecule is Fc1cnc(NCC2CCCO2)nc1. The number of rotatable bonds is 3. The van der Waals surface area contributed by atoms with Crippen LogP contribution in [0.25, 0.3) is 0 Å². The van der Waals surface area contributed by atoms with Gasteiger partial charge in [-0.25, -0.2) is 14.4 Å². The Bertz CT molecular complexity index is 285. The lowest BCUT2D eigenvalue weighted by atomic mass is 10.2. The molecule has 1 aromatic rings. The smallest absolute Gasteiger partial charge is 0.222 e. The van der Waals surface area contributed by atoms with E-state index in [1.165, 1.54) is 0 Å². The molecule has 0 aliphatic carbocycles. The van der Waals surface area contributed by atoms with Crippen LogP contribution in [0.3, 0.4) is 0 Å². The van der Waals surface area contributed by atoms with E-state index < -0.39 is 5.82 Å². The molecule has 0 saturated carbocycles. The molecule has 1 saturated heterocycles. The van der Waals surface area contributed by atoms with Gasteiger partial charge >= 0.3 is 0 Å². The third-order valence-electron chi connectivity index (χ3n) is 2.13. The molecule has 1 fully saturated rings. The van der Waals surface area contributed by atoms with E-state index in [-0.39, 0.29) is 6.10 Å². The predicted octanol–water partition coefficient (Wildman–Crippen LogP) is 1.21. The van der Waals surface area contributed by atoms with Crippen molar-refractivity contribution in [3.8, 4) is 0 Å². The second kappa shape index (κ2) is 4.32. The van der Waals surface area contributed by atoms with Gasteiger partial charge in [0.15, 0.2) is 5.82 Å². The van der Waals surface area contributed by atoms with Gasteiger partial charge in [0.25, 0.3) is 0 Å². The van der Waals surface area contributed by atoms with Crippen LogP contribution in [-0.2, 0) is 4.74 Å². The summed E-state index contributed by atoms with van der Waals surface area (Å²) < 4.78 is 17.9. The van der Waals surface area contributed by atoms with Gasteiger partial charge in [-0.2, -0.15) is 0 Å². The van der Waals surface area contributed by atoms with Gasteiger partial charge < -0.3 is 10.1 Å². The highest BCUT2D eigenvalue weighted by molar-refractivity contribution is 5.22. The first-order chi connectivity index (χ1) is 6.84. The molecular formula is C9H12FN3O. The van der Waals surface area contributed by atoms with Crippen LogP contribution < -0.4 is 5.32 Å². The number of hydrogen-bond donors (Lipinski definition) is 1. The Morgan fingerprint density at radius 1 is 1.50 bits per heavy atom. The van der Waals surface area contributed by atoms with Crippen molar-refractivity contribution in [1.82, 2.24) is 9.97 Å². The van der Waals surface area contributed by atoms with E-state index >= 15 is 0 Å². The molecule has 14 heavy (non-hydrogen) atoms. The third kappa shape index (κ3) is 2.38. The molecule has 1 atom stereocenters. The Labute approximate surface area is 81.5 Å². The van der Waals surface area contributed by atoms with Crippen LogP contribution >= 0.6 is 0 Å². The lowest BCUT2D eigenvalue weighted by Crippen LogP contribution is -2.19. The van der Waals surface area contributed by atoms with E-state index in [2.05, 4.69) is 15.3 Å². The zero-order chi connectivity index (χ0) is 9.80. The minimum Gasteiger partial charge on any atom is -0.376 e. The fourth-order valence-corrected chi connectivity index (χ4v) is 1.41. The van der Waals surface area contributed by atoms with Crippen molar-refractivity contribution < 1.29 is 9.13 Å². The van der Waals surface area contributed by atoms with Gasteiger partial charge in [-0.1, -0.05) is 0 Å². The van der Waals surface area contributed by atoms with Gasteiger partial charge in [-0.15, -0.1) is 0 Å². The summed E-state index contributed by atoms with van der Waals surface area (Å²) in [6.07, 6.45) is 4.70. The first-order valence-corrected chi connectivity index (χ1v) is 4.67. The lowest BCUT2D eigenvalue weighted by molar-refractivity contribution is 0.120. The summed E-state index contributed by atoms with van der Waals surface area (Å²) in [6.45, 7) is 1.52. The molecule has 0 spiro atoms. The lowest BCUT2D eigenvalue weighted by Gasteiger charge is -2.09. The summed E-state index contributed by atoms with van der Waals surface area (Å²) in [5.41, 5.74) is 0. The Hall–Kier alpha value is -1.23. The van der Waals surface area contributed by atoms with E-state index in [1.54, 1.807) is 0 Å². The van der Waals surface area contributed by atoms with Gasteiger partial charge in [0.05, 0.1) is 18.5 Å². The minimum absolute atomic E-state index is 0.239. The summed E-state index contributed by atoms with van der Waals surface area (Å²) >= 11 is 0. The largest absolute Gasteiger partial charge is 0.376 e. The maximum absolute atomic E-state index is 12.5. The number of anilines is 1. The molecule has 1 aliphatic rings. The molecule has 0 aromatic carbocycles. The zero-order valence-electron chi connectivity index (χ0n) is 7.74. The van der Waals surface area contributed by atoms with Gasteiger partial charge in [-0.05, 0) is 12.8 Å². The molecule has 76 valence electrons. The van der Waals surface area contributed by atoms with Crippen molar-refractivity contribution in [1.29, 1.82) is 0 Å². The zero-order valence-corrected chi connectivity index (χ0v) is 7.74. The molecule has 1 N–H and O–H groups in total. The van der Waals surface area contributed by atoms with Crippen LogP contribution in [-0.4, -0.2) is 29.2 Å². The van der Waals surface area contributed by atoms with Gasteiger partial charge in [0, 0.05) is 13.2 Å². The van der Waals surface area contributed by atoms with Crippen LogP contribution in [0.1, 0.15) is 12.8 Å². The van der Waals surface area contributed by atoms with Crippen molar-refractivity contribution in [2.24, 2.45) is 0 Å². The highest BCUT2D eigenvalue weighted by Crippen LogP contribution is 2.11. The number of nitrogens with one attached hydrogen (secondary N) is 1. The molecule has 5 heteroatoms. The molecule has 2 heterocycles. The van der Waals surface area contributed by atoms with Crippen molar-refractivity contribution in [3.63, 3.8) is 0 Å². The molecule has 1 aliphatic heterocycles. The number of nitrogens with zero attached hydrogens (tertiary/aromatic N) is 2. The van der Waals surface area contributed by atoms with Crippen molar-refractivity contribution in [2.45, 2.75) is 18.9 Å². The minimum atomic E-state index is -0.423. The third-order valence-corrected chi connectivity index (χ3v) is 2.13. The molecule has 0 bridgehead atoms. The van der Waals surface area contributed by atoms with E-state index in [0.717, 1.165) is 31.8 Å². The molecule has 1 unspecified atom stereocenters. The Morgan fingerprint density at radius 3 is 2.93 bits per heavy atom. The summed E-state index contributed by atoms with van der Waals surface area (Å²) in [6, 6.07) is 0. The number of ether oxygens (including phenoxy) is 1. The highest BCUT2D eigenvalue weighted by Gasteiger charge is 2.14. The van der Waals surface area contributed by atoms with Crippen LogP contribution in [0, 0.1) is 5.82 Å². The summed E-state index contributed by atoms with van der Waals surface area (Å²) in [5, 5.41) is 3.00. The monoisotopic (exact) mass is 197 g/mol. The normalized spacial score (nSPS) is 21.1. The van der Waals surface area contributed by atoms with E-state index in [4.69, 9.17) is 4.74 Å². The molecule has 4 nitrogen and oxygen atoms in total. The van der Waals surface area contributed by atoms with Crippen LogP contribution in [0.15, 0.2) is 12.4 Å². The van der Waals surface area contributed by atoms with Gasteiger partial charge in [-0.3, -0.25) is 0 Å². The molecule has 1 aromatic heterocycles. The van der Waals surface area contributed by atoms with Gasteiger partial charge in [0.1, 0.15) is 0 Å². The number of hydrogen-bond acceptors (Lipinski definition) is 4. The van der Waals surface area contributed by atoms with Crippen molar-refractivity contribution in [3.05, 3.63) is 18.2 Å². The second-order valence-corrected chi connectivity index (χ2v) is 3.24. The van der Waals surface area contributed by atoms with Crippen LogP contribution in [0.4, 0.5) is 10.3 Å². The first kappa shape index (κ1) is 9.33. The van der Waals surface area contributed by atoms with E-state index in [1.807, 2.05) is 0 Å². The predicted molar refractivity (Wildman–Crippen MR) is 49.5 cm³/mol. The van der Waals surface area contributed by atoms with Crippen LogP contribution in [0.5, 0.6) is 0 Å².